The van der Waals surface area contributed by atoms with Crippen LogP contribution in [0.2, 0.25) is 0 Å². The third-order valence-electron chi connectivity index (χ3n) is 9.39. The zero-order chi connectivity index (χ0) is 21.8. The van der Waals surface area contributed by atoms with Gasteiger partial charge >= 0.3 is 5.97 Å². The maximum atomic E-state index is 13.0. The number of carbonyl (C=O) groups is 2. The zero-order valence-corrected chi connectivity index (χ0v) is 18.8. The van der Waals surface area contributed by atoms with Gasteiger partial charge in [0.25, 0.3) is 0 Å². The number of rotatable bonds is 2. The molecule has 2 heterocycles. The first-order valence-electron chi connectivity index (χ1n) is 12.1. The van der Waals surface area contributed by atoms with Gasteiger partial charge in [0, 0.05) is 23.9 Å². The molecule has 1 N–H and O–H groups in total. The molecule has 4 fully saturated rings. The van der Waals surface area contributed by atoms with E-state index in [1.54, 1.807) is 0 Å². The highest BCUT2D eigenvalue weighted by Gasteiger charge is 2.60. The van der Waals surface area contributed by atoms with E-state index < -0.39 is 6.10 Å². The van der Waals surface area contributed by atoms with Gasteiger partial charge in [-0.05, 0) is 81.8 Å². The number of β-amino-alcohol motifs (C(OH)–C–C–N with tert-alkyl or cyclic N) is 1. The van der Waals surface area contributed by atoms with Gasteiger partial charge in [-0.25, -0.2) is 4.79 Å². The average Bonchev–Trinajstić information content (AvgIpc) is 3.05. The van der Waals surface area contributed by atoms with Crippen molar-refractivity contribution in [3.8, 4) is 0 Å². The van der Waals surface area contributed by atoms with Crippen LogP contribution < -0.4 is 0 Å². The number of fused-ring (bicyclic) bond motifs is 5. The van der Waals surface area contributed by atoms with Crippen molar-refractivity contribution in [2.24, 2.45) is 23.2 Å². The Kier molecular flexibility index (Phi) is 5.16. The number of esters is 1. The Hall–Kier alpha value is -1.88. The predicted molar refractivity (Wildman–Crippen MR) is 117 cm³/mol. The second-order valence-electron chi connectivity index (χ2n) is 10.9. The van der Waals surface area contributed by atoms with Crippen molar-refractivity contribution in [3.05, 3.63) is 35.9 Å². The van der Waals surface area contributed by atoms with E-state index in [1.807, 2.05) is 35.2 Å². The number of benzene rings is 1. The lowest BCUT2D eigenvalue weighted by atomic mass is 9.54. The molecule has 2 saturated carbocycles. The third-order valence-corrected chi connectivity index (χ3v) is 9.39. The lowest BCUT2D eigenvalue weighted by molar-refractivity contribution is -0.148. The summed E-state index contributed by atoms with van der Waals surface area (Å²) in [7, 11) is 0. The van der Waals surface area contributed by atoms with Gasteiger partial charge in [0.05, 0.1) is 11.7 Å². The first-order valence-corrected chi connectivity index (χ1v) is 12.1. The Morgan fingerprint density at radius 2 is 1.81 bits per heavy atom. The molecule has 0 radical (unpaired) electrons. The molecule has 4 aliphatic rings. The molecule has 2 aliphatic heterocycles. The van der Waals surface area contributed by atoms with Gasteiger partial charge in [-0.2, -0.15) is 0 Å². The fourth-order valence-corrected chi connectivity index (χ4v) is 7.68. The van der Waals surface area contributed by atoms with Crippen molar-refractivity contribution in [1.29, 1.82) is 0 Å². The Labute approximate surface area is 185 Å². The maximum absolute atomic E-state index is 13.0. The van der Waals surface area contributed by atoms with Gasteiger partial charge in [0.2, 0.25) is 5.91 Å². The number of ether oxygens (including phenoxy) is 1. The highest BCUT2D eigenvalue weighted by Crippen LogP contribution is 2.62. The SMILES string of the molecule is C[C@]12CC[C@H]3[C@@H](CCC(=O)N4C[C@@H](O)CC[C@]34C)[C@@H]1CC[C@@H]2OC(=O)c1ccccc1. The molecule has 5 nitrogen and oxygen atoms in total. The van der Waals surface area contributed by atoms with Crippen LogP contribution in [0.1, 0.15) is 75.6 Å². The standard InChI is InChI=1S/C26H35NO4/c1-25-14-13-21-19(8-11-23(29)27-16-18(28)12-15-26(21,27)2)20(25)9-10-22(25)31-24(30)17-6-4-3-5-7-17/h3-7,18-22,28H,8-16H2,1-2H3/t18-,19-,20-,21-,22-,25-,26+/m0/s1. The molecular formula is C26H35NO4. The van der Waals surface area contributed by atoms with Crippen molar-refractivity contribution in [2.45, 2.75) is 83.0 Å². The van der Waals surface area contributed by atoms with Crippen molar-refractivity contribution in [2.75, 3.05) is 6.54 Å². The molecule has 0 aromatic heterocycles. The number of nitrogens with zero attached hydrogens (tertiary/aromatic N) is 1. The summed E-state index contributed by atoms with van der Waals surface area (Å²) < 4.78 is 6.10. The van der Waals surface area contributed by atoms with Crippen LogP contribution in [0.25, 0.3) is 0 Å². The van der Waals surface area contributed by atoms with Crippen molar-refractivity contribution in [1.82, 2.24) is 4.90 Å². The Balaban J connectivity index is 1.39. The summed E-state index contributed by atoms with van der Waals surface area (Å²) in [4.78, 5) is 27.8. The fourth-order valence-electron chi connectivity index (χ4n) is 7.68. The third kappa shape index (κ3) is 3.31. The summed E-state index contributed by atoms with van der Waals surface area (Å²) in [6.45, 7) is 5.07. The Morgan fingerprint density at radius 1 is 1.03 bits per heavy atom. The number of aliphatic hydroxyl groups is 1. The van der Waals surface area contributed by atoms with Crippen LogP contribution in [-0.2, 0) is 9.53 Å². The smallest absolute Gasteiger partial charge is 0.338 e. The molecule has 0 unspecified atom stereocenters. The van der Waals surface area contributed by atoms with Crippen molar-refractivity contribution >= 4 is 11.9 Å². The largest absolute Gasteiger partial charge is 0.458 e. The van der Waals surface area contributed by atoms with E-state index in [4.69, 9.17) is 4.74 Å². The van der Waals surface area contributed by atoms with Gasteiger partial charge in [-0.15, -0.1) is 0 Å². The van der Waals surface area contributed by atoms with E-state index in [0.29, 0.717) is 36.3 Å². The second-order valence-corrected chi connectivity index (χ2v) is 10.9. The Morgan fingerprint density at radius 3 is 2.58 bits per heavy atom. The molecule has 2 aliphatic carbocycles. The molecule has 1 aromatic carbocycles. The predicted octanol–water partition coefficient (Wildman–Crippen LogP) is 4.19. The maximum Gasteiger partial charge on any atom is 0.338 e. The van der Waals surface area contributed by atoms with Crippen LogP contribution in [0.4, 0.5) is 0 Å². The number of carbonyl (C=O) groups excluding carboxylic acids is 2. The summed E-state index contributed by atoms with van der Waals surface area (Å²) in [5.74, 6) is 1.42. The quantitative estimate of drug-likeness (QED) is 0.722. The van der Waals surface area contributed by atoms with E-state index >= 15 is 0 Å². The molecule has 7 atom stereocenters. The highest BCUT2D eigenvalue weighted by atomic mass is 16.5. The topological polar surface area (TPSA) is 66.8 Å². The van der Waals surface area contributed by atoms with E-state index in [9.17, 15) is 14.7 Å². The van der Waals surface area contributed by atoms with Crippen LogP contribution in [0.5, 0.6) is 0 Å². The second kappa shape index (κ2) is 7.61. The summed E-state index contributed by atoms with van der Waals surface area (Å²) in [6.07, 6.45) is 6.79. The zero-order valence-electron chi connectivity index (χ0n) is 18.8. The molecule has 2 saturated heterocycles. The summed E-state index contributed by atoms with van der Waals surface area (Å²) in [5, 5.41) is 10.2. The molecule has 1 amide bonds. The minimum absolute atomic E-state index is 0.0195. The summed E-state index contributed by atoms with van der Waals surface area (Å²) >= 11 is 0. The normalized spacial score (nSPS) is 42.2. The molecule has 1 aromatic rings. The molecular weight excluding hydrogens is 390 g/mol. The summed E-state index contributed by atoms with van der Waals surface area (Å²) in [5.41, 5.74) is 0.443. The molecule has 0 bridgehead atoms. The minimum atomic E-state index is -0.393. The van der Waals surface area contributed by atoms with Crippen LogP contribution >= 0.6 is 0 Å². The van der Waals surface area contributed by atoms with Crippen LogP contribution in [0.3, 0.4) is 0 Å². The number of hydrogen-bond donors (Lipinski definition) is 1. The average molecular weight is 426 g/mol. The van der Waals surface area contributed by atoms with E-state index in [-0.39, 0.29) is 28.9 Å². The number of piperidine rings is 1. The summed E-state index contributed by atoms with van der Waals surface area (Å²) in [6, 6.07) is 9.29. The van der Waals surface area contributed by atoms with Gasteiger partial charge in [0.15, 0.2) is 0 Å². The lowest BCUT2D eigenvalue weighted by Gasteiger charge is -2.56. The van der Waals surface area contributed by atoms with Crippen LogP contribution in [0, 0.1) is 23.2 Å². The fraction of sp³-hybridized carbons (Fsp3) is 0.692. The number of aliphatic hydroxyl groups excluding tert-OH is 1. The van der Waals surface area contributed by atoms with E-state index in [0.717, 1.165) is 44.9 Å². The van der Waals surface area contributed by atoms with E-state index in [1.165, 1.54) is 0 Å². The van der Waals surface area contributed by atoms with Crippen molar-refractivity contribution < 1.29 is 19.4 Å². The molecule has 31 heavy (non-hydrogen) atoms. The lowest BCUT2D eigenvalue weighted by Crippen LogP contribution is -2.61. The van der Waals surface area contributed by atoms with Gasteiger partial charge in [-0.1, -0.05) is 25.1 Å². The first kappa shape index (κ1) is 21.0. The van der Waals surface area contributed by atoms with E-state index in [2.05, 4.69) is 13.8 Å². The van der Waals surface area contributed by atoms with Crippen LogP contribution in [0.15, 0.2) is 30.3 Å². The van der Waals surface area contributed by atoms with Crippen LogP contribution in [-0.4, -0.2) is 46.2 Å². The molecule has 5 rings (SSSR count). The van der Waals surface area contributed by atoms with Gasteiger partial charge < -0.3 is 14.7 Å². The molecule has 168 valence electrons. The van der Waals surface area contributed by atoms with Crippen molar-refractivity contribution in [3.63, 3.8) is 0 Å². The Bertz CT molecular complexity index is 856. The highest BCUT2D eigenvalue weighted by molar-refractivity contribution is 5.89. The van der Waals surface area contributed by atoms with Gasteiger partial charge in [0.1, 0.15) is 6.10 Å². The number of hydrogen-bond acceptors (Lipinski definition) is 4. The minimum Gasteiger partial charge on any atom is -0.458 e. The van der Waals surface area contributed by atoms with Gasteiger partial charge in [-0.3, -0.25) is 4.79 Å². The monoisotopic (exact) mass is 425 g/mol. The number of amides is 1. The molecule has 5 heteroatoms. The molecule has 0 spiro atoms. The first-order chi connectivity index (χ1) is 14.8.